The van der Waals surface area contributed by atoms with E-state index in [1.54, 1.807) is 19.9 Å². The largest absolute Gasteiger partial charge is 0.507 e. The predicted molar refractivity (Wildman–Crippen MR) is 117 cm³/mol. The summed E-state index contributed by atoms with van der Waals surface area (Å²) in [6.07, 6.45) is 1.97. The van der Waals surface area contributed by atoms with E-state index < -0.39 is 17.1 Å². The van der Waals surface area contributed by atoms with Crippen LogP contribution in [-0.2, 0) is 12.8 Å². The van der Waals surface area contributed by atoms with E-state index >= 15 is 0 Å². The Balaban J connectivity index is 2.05. The van der Waals surface area contributed by atoms with Crippen molar-refractivity contribution < 1.29 is 29.2 Å². The van der Waals surface area contributed by atoms with Crippen molar-refractivity contribution in [3.63, 3.8) is 0 Å². The molecular weight excluding hydrogens is 400 g/mol. The lowest BCUT2D eigenvalue weighted by Gasteiger charge is -2.24. The molecule has 164 valence electrons. The van der Waals surface area contributed by atoms with Crippen LogP contribution in [0.5, 0.6) is 23.0 Å². The van der Waals surface area contributed by atoms with Gasteiger partial charge in [-0.25, -0.2) is 0 Å². The van der Waals surface area contributed by atoms with Gasteiger partial charge in [-0.3, -0.25) is 4.79 Å². The first-order valence-corrected chi connectivity index (χ1v) is 10.1. The quantitative estimate of drug-likeness (QED) is 0.428. The molecule has 0 spiro atoms. The zero-order valence-corrected chi connectivity index (χ0v) is 18.2. The lowest BCUT2D eigenvalue weighted by Crippen LogP contribution is -2.39. The first-order chi connectivity index (χ1) is 14.5. The Kier molecular flexibility index (Phi) is 4.89. The number of hydrogen-bond acceptors (Lipinski definition) is 7. The molecule has 0 radical (unpaired) electrons. The van der Waals surface area contributed by atoms with Crippen molar-refractivity contribution in [3.8, 4) is 23.0 Å². The van der Waals surface area contributed by atoms with Gasteiger partial charge in [0.05, 0.1) is 18.1 Å². The highest BCUT2D eigenvalue weighted by Crippen LogP contribution is 2.44. The smallest absolute Gasteiger partial charge is 0.204 e. The van der Waals surface area contributed by atoms with Gasteiger partial charge in [-0.15, -0.1) is 0 Å². The average Bonchev–Trinajstić information content (AvgIpc) is 3.10. The maximum Gasteiger partial charge on any atom is 0.204 e. The van der Waals surface area contributed by atoms with Gasteiger partial charge < -0.3 is 29.2 Å². The van der Waals surface area contributed by atoms with E-state index in [9.17, 15) is 20.1 Å². The molecule has 1 aliphatic rings. The Morgan fingerprint density at radius 2 is 1.90 bits per heavy atom. The van der Waals surface area contributed by atoms with E-state index in [0.717, 1.165) is 5.57 Å². The van der Waals surface area contributed by atoms with Crippen LogP contribution in [0.25, 0.3) is 21.9 Å². The van der Waals surface area contributed by atoms with E-state index in [2.05, 4.69) is 0 Å². The predicted octanol–water partition coefficient (Wildman–Crippen LogP) is 3.95. The Morgan fingerprint density at radius 3 is 2.52 bits per heavy atom. The molecule has 1 aliphatic heterocycles. The molecular formula is C24H26O7. The minimum atomic E-state index is -1.13. The molecule has 0 unspecified atom stereocenters. The van der Waals surface area contributed by atoms with Crippen LogP contribution >= 0.6 is 0 Å². The molecule has 31 heavy (non-hydrogen) atoms. The van der Waals surface area contributed by atoms with Crippen molar-refractivity contribution in [2.75, 3.05) is 7.11 Å². The molecule has 7 nitrogen and oxygen atoms in total. The minimum Gasteiger partial charge on any atom is -0.507 e. The van der Waals surface area contributed by atoms with Crippen LogP contribution in [0.2, 0.25) is 0 Å². The van der Waals surface area contributed by atoms with Gasteiger partial charge in [0.1, 0.15) is 34.2 Å². The number of ether oxygens (including phenoxy) is 2. The fourth-order valence-electron chi connectivity index (χ4n) is 4.02. The molecule has 0 fully saturated rings. The number of hydrogen-bond donors (Lipinski definition) is 3. The van der Waals surface area contributed by atoms with Crippen LogP contribution in [0.15, 0.2) is 33.0 Å². The second kappa shape index (κ2) is 7.20. The second-order valence-electron chi connectivity index (χ2n) is 8.74. The molecule has 1 aromatic heterocycles. The number of aliphatic hydroxyl groups is 1. The monoisotopic (exact) mass is 426 g/mol. The van der Waals surface area contributed by atoms with Gasteiger partial charge >= 0.3 is 0 Å². The van der Waals surface area contributed by atoms with Crippen molar-refractivity contribution in [2.24, 2.45) is 0 Å². The number of phenols is 2. The number of allylic oxidation sites excluding steroid dienone is 2. The molecule has 1 atom stereocenters. The highest BCUT2D eigenvalue weighted by molar-refractivity contribution is 5.98. The van der Waals surface area contributed by atoms with E-state index in [0.29, 0.717) is 23.3 Å². The number of methoxy groups -OCH3 is 1. The fourth-order valence-corrected chi connectivity index (χ4v) is 4.02. The summed E-state index contributed by atoms with van der Waals surface area (Å²) in [6.45, 7) is 7.12. The molecule has 0 aliphatic carbocycles. The third-order valence-corrected chi connectivity index (χ3v) is 5.69. The van der Waals surface area contributed by atoms with Crippen LogP contribution in [-0.4, -0.2) is 34.1 Å². The molecule has 2 aromatic carbocycles. The zero-order valence-electron chi connectivity index (χ0n) is 18.2. The summed E-state index contributed by atoms with van der Waals surface area (Å²) in [5, 5.41) is 32.0. The maximum atomic E-state index is 13.6. The fraction of sp³-hybridized carbons (Fsp3) is 0.375. The molecule has 3 N–H and O–H groups in total. The molecule has 0 saturated carbocycles. The third-order valence-electron chi connectivity index (χ3n) is 5.69. The number of benzene rings is 2. The summed E-state index contributed by atoms with van der Waals surface area (Å²) in [6, 6.07) is 2.89. The van der Waals surface area contributed by atoms with Gasteiger partial charge in [0.15, 0.2) is 11.5 Å². The van der Waals surface area contributed by atoms with Crippen LogP contribution in [0.1, 0.15) is 38.8 Å². The molecule has 0 bridgehead atoms. The Bertz CT molecular complexity index is 1290. The van der Waals surface area contributed by atoms with Gasteiger partial charge in [-0.1, -0.05) is 11.6 Å². The van der Waals surface area contributed by atoms with Crippen LogP contribution in [0.3, 0.4) is 0 Å². The lowest BCUT2D eigenvalue weighted by atomic mass is 9.95. The summed E-state index contributed by atoms with van der Waals surface area (Å²) in [5.74, 6) is 0.207. The van der Waals surface area contributed by atoms with Gasteiger partial charge in [0.2, 0.25) is 5.43 Å². The number of aromatic hydroxyl groups is 2. The topological polar surface area (TPSA) is 109 Å². The van der Waals surface area contributed by atoms with E-state index in [1.165, 1.54) is 13.2 Å². The van der Waals surface area contributed by atoms with E-state index in [-0.39, 0.29) is 45.6 Å². The molecule has 2 heterocycles. The van der Waals surface area contributed by atoms with Gasteiger partial charge in [-0.05, 0) is 34.1 Å². The Labute approximate surface area is 179 Å². The first kappa shape index (κ1) is 21.1. The van der Waals surface area contributed by atoms with Crippen molar-refractivity contribution in [1.29, 1.82) is 0 Å². The maximum absolute atomic E-state index is 13.6. The Morgan fingerprint density at radius 1 is 1.23 bits per heavy atom. The summed E-state index contributed by atoms with van der Waals surface area (Å²) < 4.78 is 17.1. The summed E-state index contributed by atoms with van der Waals surface area (Å²) in [5.41, 5.74) is 0.768. The van der Waals surface area contributed by atoms with Crippen molar-refractivity contribution in [2.45, 2.75) is 52.2 Å². The molecule has 3 aromatic rings. The normalized spacial score (nSPS) is 15.7. The molecule has 0 amide bonds. The lowest BCUT2D eigenvalue weighted by molar-refractivity contribution is -0.0229. The minimum absolute atomic E-state index is 0.0393. The van der Waals surface area contributed by atoms with Gasteiger partial charge in [0, 0.05) is 29.7 Å². The zero-order chi connectivity index (χ0) is 22.7. The number of rotatable bonds is 4. The summed E-state index contributed by atoms with van der Waals surface area (Å²) in [4.78, 5) is 13.6. The molecule has 4 rings (SSSR count). The van der Waals surface area contributed by atoms with Crippen LogP contribution < -0.4 is 14.9 Å². The average molecular weight is 426 g/mol. The molecule has 7 heteroatoms. The third kappa shape index (κ3) is 3.39. The van der Waals surface area contributed by atoms with Gasteiger partial charge in [0.25, 0.3) is 0 Å². The van der Waals surface area contributed by atoms with Crippen molar-refractivity contribution in [1.82, 2.24) is 0 Å². The second-order valence-corrected chi connectivity index (χ2v) is 8.74. The number of fused-ring (bicyclic) bond motifs is 3. The highest BCUT2D eigenvalue weighted by Gasteiger charge is 2.37. The van der Waals surface area contributed by atoms with E-state index in [4.69, 9.17) is 13.9 Å². The van der Waals surface area contributed by atoms with Gasteiger partial charge in [-0.2, -0.15) is 0 Å². The summed E-state index contributed by atoms with van der Waals surface area (Å²) in [7, 11) is 1.42. The SMILES string of the molecule is COc1c(O)cc2oc3cc4c(c(O)c3c(=O)c2c1CC=C(C)C)C[C@@H](C(C)(C)O)O4. The van der Waals surface area contributed by atoms with Crippen LogP contribution in [0.4, 0.5) is 0 Å². The summed E-state index contributed by atoms with van der Waals surface area (Å²) >= 11 is 0. The van der Waals surface area contributed by atoms with E-state index in [1.807, 2.05) is 19.9 Å². The molecule has 0 saturated heterocycles. The van der Waals surface area contributed by atoms with Crippen molar-refractivity contribution in [3.05, 3.63) is 45.1 Å². The first-order valence-electron chi connectivity index (χ1n) is 10.1. The number of phenolic OH excluding ortho intramolecular Hbond substituents is 2. The standard InChI is InChI=1S/C24H26O7/c1-11(2)6-7-12-19-16(9-14(25)23(12)29-5)30-17-10-15-13(21(26)20(17)22(19)27)8-18(31-15)24(3,4)28/h6,9-10,18,25-26,28H,7-8H2,1-5H3/t18-/m0/s1. The highest BCUT2D eigenvalue weighted by atomic mass is 16.5. The van der Waals surface area contributed by atoms with Crippen molar-refractivity contribution >= 4 is 21.9 Å². The van der Waals surface area contributed by atoms with Crippen LogP contribution in [0, 0.1) is 0 Å². The Hall–Kier alpha value is -3.19.